The van der Waals surface area contributed by atoms with Crippen LogP contribution in [0.1, 0.15) is 39.7 Å². The lowest BCUT2D eigenvalue weighted by molar-refractivity contribution is 0.181. The third-order valence-corrected chi connectivity index (χ3v) is 5.04. The van der Waals surface area contributed by atoms with Crippen molar-refractivity contribution >= 4 is 5.96 Å². The molecule has 0 amide bonds. The SMILES string of the molecule is CN=C(NCC(C)(C)c1ccc(OCC(C)C)cc1)N(C)CC1CCOC1. The van der Waals surface area contributed by atoms with E-state index < -0.39 is 0 Å². The Bertz CT molecular complexity index is 590. The predicted octanol–water partition coefficient (Wildman–Crippen LogP) is 3.54. The largest absolute Gasteiger partial charge is 0.493 e. The number of nitrogens with one attached hydrogen (secondary N) is 1. The van der Waals surface area contributed by atoms with Crippen molar-refractivity contribution < 1.29 is 9.47 Å². The van der Waals surface area contributed by atoms with Crippen LogP contribution >= 0.6 is 0 Å². The molecule has 1 N–H and O–H groups in total. The fourth-order valence-corrected chi connectivity index (χ4v) is 3.25. The molecule has 1 aromatic rings. The molecule has 1 unspecified atom stereocenters. The Morgan fingerprint density at radius 1 is 1.33 bits per heavy atom. The quantitative estimate of drug-likeness (QED) is 0.558. The maximum absolute atomic E-state index is 5.79. The average Bonchev–Trinajstić information content (AvgIpc) is 3.13. The van der Waals surface area contributed by atoms with Gasteiger partial charge in [-0.25, -0.2) is 0 Å². The summed E-state index contributed by atoms with van der Waals surface area (Å²) in [5.41, 5.74) is 1.28. The van der Waals surface area contributed by atoms with E-state index in [9.17, 15) is 0 Å². The normalized spacial score (nSPS) is 18.0. The molecule has 1 fully saturated rings. The summed E-state index contributed by atoms with van der Waals surface area (Å²) in [7, 11) is 3.94. The van der Waals surface area contributed by atoms with Crippen LogP contribution in [0.15, 0.2) is 29.3 Å². The Morgan fingerprint density at radius 2 is 2.04 bits per heavy atom. The topological polar surface area (TPSA) is 46.1 Å². The third-order valence-electron chi connectivity index (χ3n) is 5.04. The summed E-state index contributed by atoms with van der Waals surface area (Å²) >= 11 is 0. The molecular formula is C22H37N3O2. The highest BCUT2D eigenvalue weighted by Crippen LogP contribution is 2.25. The molecule has 5 nitrogen and oxygen atoms in total. The van der Waals surface area contributed by atoms with Crippen LogP contribution < -0.4 is 10.1 Å². The van der Waals surface area contributed by atoms with Crippen LogP contribution in [0.5, 0.6) is 5.75 Å². The highest BCUT2D eigenvalue weighted by atomic mass is 16.5. The standard InChI is InChI=1S/C22H37N3O2/c1-17(2)14-27-20-9-7-19(8-10-20)22(3,4)16-24-21(23-5)25(6)13-18-11-12-26-15-18/h7-10,17-18H,11-16H2,1-6H3,(H,23,24). The number of nitrogens with zero attached hydrogens (tertiary/aromatic N) is 2. The fraction of sp³-hybridized carbons (Fsp3) is 0.682. The van der Waals surface area contributed by atoms with Crippen molar-refractivity contribution in [1.29, 1.82) is 0 Å². The van der Waals surface area contributed by atoms with Crippen LogP contribution in [0.25, 0.3) is 0 Å². The number of guanidine groups is 1. The highest BCUT2D eigenvalue weighted by Gasteiger charge is 2.23. The summed E-state index contributed by atoms with van der Waals surface area (Å²) in [6.45, 7) is 13.1. The number of benzene rings is 1. The van der Waals surface area contributed by atoms with Crippen molar-refractivity contribution in [3.8, 4) is 5.75 Å². The zero-order valence-corrected chi connectivity index (χ0v) is 17.9. The number of aliphatic imine (C=N–C) groups is 1. The zero-order valence-electron chi connectivity index (χ0n) is 17.9. The molecule has 0 aromatic heterocycles. The molecule has 0 spiro atoms. The highest BCUT2D eigenvalue weighted by molar-refractivity contribution is 5.79. The monoisotopic (exact) mass is 375 g/mol. The summed E-state index contributed by atoms with van der Waals surface area (Å²) in [5.74, 6) is 3.00. The number of rotatable bonds is 8. The molecule has 0 radical (unpaired) electrons. The molecular weight excluding hydrogens is 338 g/mol. The van der Waals surface area contributed by atoms with Crippen LogP contribution in [0.4, 0.5) is 0 Å². The maximum Gasteiger partial charge on any atom is 0.193 e. The number of hydrogen-bond donors (Lipinski definition) is 1. The van der Waals surface area contributed by atoms with E-state index >= 15 is 0 Å². The van der Waals surface area contributed by atoms with Gasteiger partial charge in [-0.15, -0.1) is 0 Å². The summed E-state index contributed by atoms with van der Waals surface area (Å²) in [6, 6.07) is 8.47. The second-order valence-electron chi connectivity index (χ2n) is 8.62. The van der Waals surface area contributed by atoms with Gasteiger partial charge in [-0.2, -0.15) is 0 Å². The first-order valence-electron chi connectivity index (χ1n) is 10.0. The van der Waals surface area contributed by atoms with Crippen LogP contribution in [-0.2, 0) is 10.2 Å². The van der Waals surface area contributed by atoms with Gasteiger partial charge in [0.2, 0.25) is 0 Å². The van der Waals surface area contributed by atoms with E-state index in [2.05, 4.69) is 74.2 Å². The second kappa shape index (κ2) is 9.98. The smallest absolute Gasteiger partial charge is 0.193 e. The van der Waals surface area contributed by atoms with E-state index in [-0.39, 0.29) is 5.41 Å². The Balaban J connectivity index is 1.89. The molecule has 1 atom stereocenters. The first-order chi connectivity index (χ1) is 12.8. The summed E-state index contributed by atoms with van der Waals surface area (Å²) < 4.78 is 11.3. The first kappa shape index (κ1) is 21.5. The lowest BCUT2D eigenvalue weighted by Crippen LogP contribution is -2.45. The van der Waals surface area contributed by atoms with E-state index in [0.717, 1.165) is 51.0 Å². The van der Waals surface area contributed by atoms with Gasteiger partial charge in [0.05, 0.1) is 13.2 Å². The summed E-state index contributed by atoms with van der Waals surface area (Å²) in [4.78, 5) is 6.66. The van der Waals surface area contributed by atoms with Crippen molar-refractivity contribution in [3.05, 3.63) is 29.8 Å². The average molecular weight is 376 g/mol. The predicted molar refractivity (Wildman–Crippen MR) is 113 cm³/mol. The molecule has 1 aromatic carbocycles. The first-order valence-corrected chi connectivity index (χ1v) is 10.0. The van der Waals surface area contributed by atoms with E-state index in [1.165, 1.54) is 5.56 Å². The maximum atomic E-state index is 5.79. The van der Waals surface area contributed by atoms with Gasteiger partial charge >= 0.3 is 0 Å². The molecule has 27 heavy (non-hydrogen) atoms. The van der Waals surface area contributed by atoms with E-state index in [0.29, 0.717) is 11.8 Å². The Labute approximate surface area is 165 Å². The minimum absolute atomic E-state index is 0.0101. The van der Waals surface area contributed by atoms with Crippen LogP contribution in [-0.4, -0.2) is 57.9 Å². The lowest BCUT2D eigenvalue weighted by atomic mass is 9.84. The molecule has 5 heteroatoms. The Hall–Kier alpha value is -1.75. The Morgan fingerprint density at radius 3 is 2.59 bits per heavy atom. The van der Waals surface area contributed by atoms with Crippen molar-refractivity contribution in [1.82, 2.24) is 10.2 Å². The van der Waals surface area contributed by atoms with Crippen LogP contribution in [0, 0.1) is 11.8 Å². The van der Waals surface area contributed by atoms with Gasteiger partial charge in [0, 0.05) is 45.1 Å². The fourth-order valence-electron chi connectivity index (χ4n) is 3.25. The number of hydrogen-bond acceptors (Lipinski definition) is 3. The van der Waals surface area contributed by atoms with Gasteiger partial charge < -0.3 is 19.7 Å². The molecule has 0 saturated carbocycles. The molecule has 1 saturated heterocycles. The molecule has 2 rings (SSSR count). The van der Waals surface area contributed by atoms with E-state index in [4.69, 9.17) is 9.47 Å². The van der Waals surface area contributed by atoms with Gasteiger partial charge in [-0.3, -0.25) is 4.99 Å². The molecule has 1 heterocycles. The van der Waals surface area contributed by atoms with Gasteiger partial charge in [0.25, 0.3) is 0 Å². The molecule has 0 bridgehead atoms. The molecule has 1 aliphatic heterocycles. The van der Waals surface area contributed by atoms with Gasteiger partial charge in [-0.1, -0.05) is 39.8 Å². The number of ether oxygens (including phenoxy) is 2. The van der Waals surface area contributed by atoms with Crippen LogP contribution in [0.2, 0.25) is 0 Å². The molecule has 1 aliphatic rings. The van der Waals surface area contributed by atoms with Crippen molar-refractivity contribution in [2.24, 2.45) is 16.8 Å². The minimum atomic E-state index is -0.0101. The van der Waals surface area contributed by atoms with Gasteiger partial charge in [0.1, 0.15) is 5.75 Å². The molecule has 0 aliphatic carbocycles. The third kappa shape index (κ3) is 6.73. The van der Waals surface area contributed by atoms with Crippen molar-refractivity contribution in [2.75, 3.05) is 47.0 Å². The van der Waals surface area contributed by atoms with E-state index in [1.54, 1.807) is 0 Å². The van der Waals surface area contributed by atoms with E-state index in [1.807, 2.05) is 7.05 Å². The lowest BCUT2D eigenvalue weighted by Gasteiger charge is -2.30. The summed E-state index contributed by atoms with van der Waals surface area (Å²) in [5, 5.41) is 3.54. The molecule has 152 valence electrons. The van der Waals surface area contributed by atoms with Gasteiger partial charge in [-0.05, 0) is 30.0 Å². The Kier molecular flexibility index (Phi) is 7.96. The van der Waals surface area contributed by atoms with Crippen LogP contribution in [0.3, 0.4) is 0 Å². The zero-order chi connectivity index (χ0) is 19.9. The van der Waals surface area contributed by atoms with Gasteiger partial charge in [0.15, 0.2) is 5.96 Å². The van der Waals surface area contributed by atoms with Crippen molar-refractivity contribution in [2.45, 2.75) is 39.5 Å². The second-order valence-corrected chi connectivity index (χ2v) is 8.62. The minimum Gasteiger partial charge on any atom is -0.493 e. The summed E-state index contributed by atoms with van der Waals surface area (Å²) in [6.07, 6.45) is 1.14. The van der Waals surface area contributed by atoms with Crippen molar-refractivity contribution in [3.63, 3.8) is 0 Å².